The number of nitrogens with zero attached hydrogens (tertiary/aromatic N) is 2. The average molecular weight is 181 g/mol. The van der Waals surface area contributed by atoms with E-state index in [-0.39, 0.29) is 5.91 Å². The molecule has 5 heteroatoms. The second-order valence-electron chi connectivity index (χ2n) is 2.69. The maximum Gasteiger partial charge on any atom is 0.217 e. The summed E-state index contributed by atoms with van der Waals surface area (Å²) >= 11 is 0. The highest BCUT2D eigenvalue weighted by molar-refractivity contribution is 5.73. The summed E-state index contributed by atoms with van der Waals surface area (Å²) in [5.41, 5.74) is 5.37. The van der Waals surface area contributed by atoms with Crippen molar-refractivity contribution in [1.29, 1.82) is 0 Å². The molecule has 1 heterocycles. The normalized spacial score (nSPS) is 9.85. The molecule has 70 valence electrons. The number of aryl methyl sites for hydroxylation is 1. The molecule has 0 fully saturated rings. The lowest BCUT2D eigenvalue weighted by molar-refractivity contribution is -0.118. The van der Waals surface area contributed by atoms with Crippen molar-refractivity contribution in [2.24, 2.45) is 5.73 Å². The molecule has 1 rings (SSSR count). The monoisotopic (exact) mass is 181 g/mol. The number of primary amides is 1. The van der Waals surface area contributed by atoms with Crippen LogP contribution in [0.5, 0.6) is 0 Å². The van der Waals surface area contributed by atoms with Crippen LogP contribution in [-0.2, 0) is 11.3 Å². The lowest BCUT2D eigenvalue weighted by Crippen LogP contribution is -2.11. The second kappa shape index (κ2) is 4.39. The van der Waals surface area contributed by atoms with Gasteiger partial charge < -0.3 is 5.73 Å². The van der Waals surface area contributed by atoms with Crippen molar-refractivity contribution in [3.8, 4) is 0 Å². The SMILES string of the molecule is NC(=O)CCCn1ccc(C=O)n1. The fourth-order valence-electron chi connectivity index (χ4n) is 0.980. The van der Waals surface area contributed by atoms with Crippen molar-refractivity contribution in [1.82, 2.24) is 9.78 Å². The van der Waals surface area contributed by atoms with E-state index in [1.165, 1.54) is 0 Å². The first-order valence-corrected chi connectivity index (χ1v) is 3.99. The van der Waals surface area contributed by atoms with Crippen molar-refractivity contribution in [3.05, 3.63) is 18.0 Å². The first kappa shape index (κ1) is 9.44. The number of hydrogen-bond donors (Lipinski definition) is 1. The molecule has 1 aromatic rings. The zero-order chi connectivity index (χ0) is 9.68. The highest BCUT2D eigenvalue weighted by Crippen LogP contribution is 1.96. The number of aromatic nitrogens is 2. The van der Waals surface area contributed by atoms with E-state index in [9.17, 15) is 9.59 Å². The van der Waals surface area contributed by atoms with Crippen LogP contribution in [-0.4, -0.2) is 22.0 Å². The molecule has 0 aliphatic carbocycles. The van der Waals surface area contributed by atoms with E-state index in [0.29, 0.717) is 31.4 Å². The minimum atomic E-state index is -0.317. The van der Waals surface area contributed by atoms with Crippen LogP contribution < -0.4 is 5.73 Å². The van der Waals surface area contributed by atoms with Gasteiger partial charge in [0.15, 0.2) is 6.29 Å². The first-order chi connectivity index (χ1) is 6.22. The molecule has 1 amide bonds. The van der Waals surface area contributed by atoms with Gasteiger partial charge >= 0.3 is 0 Å². The largest absolute Gasteiger partial charge is 0.370 e. The zero-order valence-corrected chi connectivity index (χ0v) is 7.14. The zero-order valence-electron chi connectivity index (χ0n) is 7.14. The molecular weight excluding hydrogens is 170 g/mol. The van der Waals surface area contributed by atoms with Gasteiger partial charge in [-0.1, -0.05) is 0 Å². The molecular formula is C8H11N3O2. The predicted molar refractivity (Wildman–Crippen MR) is 46.0 cm³/mol. The fraction of sp³-hybridized carbons (Fsp3) is 0.375. The number of rotatable bonds is 5. The van der Waals surface area contributed by atoms with Gasteiger partial charge in [0.2, 0.25) is 5.91 Å². The van der Waals surface area contributed by atoms with Crippen LogP contribution >= 0.6 is 0 Å². The van der Waals surface area contributed by atoms with Gasteiger partial charge in [0.05, 0.1) is 0 Å². The Morgan fingerprint density at radius 2 is 2.46 bits per heavy atom. The Morgan fingerprint density at radius 3 is 3.00 bits per heavy atom. The van der Waals surface area contributed by atoms with E-state index >= 15 is 0 Å². The van der Waals surface area contributed by atoms with E-state index in [0.717, 1.165) is 0 Å². The van der Waals surface area contributed by atoms with Crippen LogP contribution in [0.3, 0.4) is 0 Å². The summed E-state index contributed by atoms with van der Waals surface area (Å²) < 4.78 is 1.62. The molecule has 0 spiro atoms. The highest BCUT2D eigenvalue weighted by Gasteiger charge is 1.98. The third kappa shape index (κ3) is 3.06. The molecule has 13 heavy (non-hydrogen) atoms. The smallest absolute Gasteiger partial charge is 0.217 e. The third-order valence-corrected chi connectivity index (χ3v) is 1.59. The Kier molecular flexibility index (Phi) is 3.19. The van der Waals surface area contributed by atoms with Crippen molar-refractivity contribution >= 4 is 12.2 Å². The van der Waals surface area contributed by atoms with Gasteiger partial charge in [-0.15, -0.1) is 0 Å². The molecule has 0 aromatic carbocycles. The predicted octanol–water partition coefficient (Wildman–Crippen LogP) is -0.0389. The summed E-state index contributed by atoms with van der Waals surface area (Å²) in [4.78, 5) is 20.6. The number of amides is 1. The van der Waals surface area contributed by atoms with Crippen molar-refractivity contribution in [2.45, 2.75) is 19.4 Å². The minimum absolute atomic E-state index is 0.317. The summed E-state index contributed by atoms with van der Waals surface area (Å²) in [6, 6.07) is 1.62. The number of nitrogens with two attached hydrogens (primary N) is 1. The Balaban J connectivity index is 2.36. The molecule has 0 bridgehead atoms. The molecule has 2 N–H and O–H groups in total. The molecule has 0 aliphatic heterocycles. The van der Waals surface area contributed by atoms with E-state index in [4.69, 9.17) is 5.73 Å². The van der Waals surface area contributed by atoms with Crippen molar-refractivity contribution in [3.63, 3.8) is 0 Å². The molecule has 0 radical (unpaired) electrons. The summed E-state index contributed by atoms with van der Waals surface area (Å²) in [7, 11) is 0. The van der Waals surface area contributed by atoms with E-state index in [1.54, 1.807) is 16.9 Å². The fourth-order valence-corrected chi connectivity index (χ4v) is 0.980. The van der Waals surface area contributed by atoms with Gasteiger partial charge in [0.25, 0.3) is 0 Å². The van der Waals surface area contributed by atoms with Crippen LogP contribution in [0.2, 0.25) is 0 Å². The van der Waals surface area contributed by atoms with Crippen LogP contribution in [0.15, 0.2) is 12.3 Å². The van der Waals surface area contributed by atoms with Gasteiger partial charge in [-0.2, -0.15) is 5.10 Å². The maximum atomic E-state index is 10.4. The summed E-state index contributed by atoms with van der Waals surface area (Å²) in [6.45, 7) is 0.608. The summed E-state index contributed by atoms with van der Waals surface area (Å²) in [5.74, 6) is -0.317. The molecule has 0 unspecified atom stereocenters. The Hall–Kier alpha value is -1.65. The van der Waals surface area contributed by atoms with Crippen LogP contribution in [0, 0.1) is 0 Å². The Bertz CT molecular complexity index is 306. The summed E-state index contributed by atoms with van der Waals surface area (Å²) in [6.07, 6.45) is 3.38. The Labute approximate surface area is 75.5 Å². The third-order valence-electron chi connectivity index (χ3n) is 1.59. The number of hydrogen-bond acceptors (Lipinski definition) is 3. The van der Waals surface area contributed by atoms with E-state index in [2.05, 4.69) is 5.10 Å². The number of carbonyl (C=O) groups is 2. The van der Waals surface area contributed by atoms with Crippen molar-refractivity contribution in [2.75, 3.05) is 0 Å². The number of aldehydes is 1. The number of carbonyl (C=O) groups excluding carboxylic acids is 2. The van der Waals surface area contributed by atoms with Gasteiger partial charge in [-0.3, -0.25) is 14.3 Å². The van der Waals surface area contributed by atoms with Gasteiger partial charge in [0, 0.05) is 19.2 Å². The lowest BCUT2D eigenvalue weighted by Gasteiger charge is -1.98. The maximum absolute atomic E-state index is 10.4. The van der Waals surface area contributed by atoms with Crippen LogP contribution in [0.4, 0.5) is 0 Å². The second-order valence-corrected chi connectivity index (χ2v) is 2.69. The molecule has 0 saturated heterocycles. The molecule has 1 aromatic heterocycles. The van der Waals surface area contributed by atoms with Crippen LogP contribution in [0.25, 0.3) is 0 Å². The first-order valence-electron chi connectivity index (χ1n) is 3.99. The average Bonchev–Trinajstić information content (AvgIpc) is 2.52. The summed E-state index contributed by atoms with van der Waals surface area (Å²) in [5, 5.41) is 3.92. The van der Waals surface area contributed by atoms with E-state index < -0.39 is 0 Å². The van der Waals surface area contributed by atoms with Gasteiger partial charge in [0.1, 0.15) is 5.69 Å². The van der Waals surface area contributed by atoms with Crippen molar-refractivity contribution < 1.29 is 9.59 Å². The van der Waals surface area contributed by atoms with Crippen LogP contribution in [0.1, 0.15) is 23.3 Å². The molecule has 5 nitrogen and oxygen atoms in total. The molecule has 0 atom stereocenters. The van der Waals surface area contributed by atoms with Gasteiger partial charge in [-0.05, 0) is 12.5 Å². The lowest BCUT2D eigenvalue weighted by atomic mass is 10.3. The Morgan fingerprint density at radius 1 is 1.69 bits per heavy atom. The quantitative estimate of drug-likeness (QED) is 0.647. The molecule has 0 aliphatic rings. The topological polar surface area (TPSA) is 78.0 Å². The van der Waals surface area contributed by atoms with E-state index in [1.807, 2.05) is 0 Å². The van der Waals surface area contributed by atoms with Gasteiger partial charge in [-0.25, -0.2) is 0 Å². The highest BCUT2D eigenvalue weighted by atomic mass is 16.1. The molecule has 0 saturated carbocycles. The minimum Gasteiger partial charge on any atom is -0.370 e. The standard InChI is InChI=1S/C8H11N3O2/c9-8(13)2-1-4-11-5-3-7(6-12)10-11/h3,5-6H,1-2,4H2,(H2,9,13).